The third kappa shape index (κ3) is 2.46. The molecule has 1 aromatic heterocycles. The maximum absolute atomic E-state index is 10.9. The summed E-state index contributed by atoms with van der Waals surface area (Å²) in [5.41, 5.74) is 0. The summed E-state index contributed by atoms with van der Waals surface area (Å²) in [6, 6.07) is 0.721. The van der Waals surface area contributed by atoms with E-state index in [1.807, 2.05) is 0 Å². The Morgan fingerprint density at radius 3 is 2.07 bits per heavy atom. The van der Waals surface area contributed by atoms with Crippen molar-refractivity contribution in [1.82, 2.24) is 0 Å². The van der Waals surface area contributed by atoms with Gasteiger partial charge in [-0.15, -0.1) is 11.3 Å². The highest BCUT2D eigenvalue weighted by Crippen LogP contribution is 2.29. The topological polar surface area (TPSA) is 109 Å². The first-order valence-electron chi connectivity index (χ1n) is 3.28. The van der Waals surface area contributed by atoms with Gasteiger partial charge in [-0.1, -0.05) is 0 Å². The van der Waals surface area contributed by atoms with Crippen LogP contribution in [-0.2, 0) is 9.05 Å². The predicted molar refractivity (Wildman–Crippen MR) is 51.3 cm³/mol. The first-order chi connectivity index (χ1) is 6.73. The van der Waals surface area contributed by atoms with E-state index in [4.69, 9.17) is 20.9 Å². The van der Waals surface area contributed by atoms with Crippen LogP contribution in [0, 0.1) is 0 Å². The van der Waals surface area contributed by atoms with Crippen molar-refractivity contribution in [3.8, 4) is 0 Å². The molecule has 0 saturated heterocycles. The van der Waals surface area contributed by atoms with Crippen molar-refractivity contribution in [3.63, 3.8) is 0 Å². The molecule has 0 atom stereocenters. The Hall–Kier alpha value is -1.12. The molecule has 0 saturated carbocycles. The Morgan fingerprint density at radius 2 is 1.80 bits per heavy atom. The fourth-order valence-corrected chi connectivity index (χ4v) is 3.14. The van der Waals surface area contributed by atoms with Gasteiger partial charge in [-0.3, -0.25) is 0 Å². The van der Waals surface area contributed by atoms with E-state index in [1.54, 1.807) is 0 Å². The van der Waals surface area contributed by atoms with Crippen molar-refractivity contribution in [2.75, 3.05) is 0 Å². The molecule has 2 N–H and O–H groups in total. The number of aromatic carboxylic acids is 2. The highest BCUT2D eigenvalue weighted by molar-refractivity contribution is 8.13. The van der Waals surface area contributed by atoms with Gasteiger partial charge in [0.25, 0.3) is 9.05 Å². The van der Waals surface area contributed by atoms with E-state index < -0.39 is 35.6 Å². The maximum Gasteiger partial charge on any atom is 0.347 e. The van der Waals surface area contributed by atoms with E-state index in [2.05, 4.69) is 0 Å². The molecule has 0 bridgehead atoms. The first kappa shape index (κ1) is 12.0. The lowest BCUT2D eigenvalue weighted by Gasteiger charge is -1.92. The van der Waals surface area contributed by atoms with Gasteiger partial charge >= 0.3 is 11.9 Å². The van der Waals surface area contributed by atoms with Crippen LogP contribution in [0.2, 0.25) is 0 Å². The second kappa shape index (κ2) is 3.80. The Bertz CT molecular complexity index is 528. The minimum atomic E-state index is -4.25. The monoisotopic (exact) mass is 270 g/mol. The molecule has 0 aliphatic carbocycles. The smallest absolute Gasteiger partial charge is 0.347 e. The molecule has 0 fully saturated rings. The summed E-state index contributed by atoms with van der Waals surface area (Å²) >= 11 is 0.340. The molecule has 6 nitrogen and oxygen atoms in total. The van der Waals surface area contributed by atoms with Gasteiger partial charge < -0.3 is 10.2 Å². The number of hydrogen-bond acceptors (Lipinski definition) is 5. The average molecular weight is 271 g/mol. The molecular formula is C6H3ClO6S2. The quantitative estimate of drug-likeness (QED) is 0.795. The van der Waals surface area contributed by atoms with E-state index >= 15 is 0 Å². The summed E-state index contributed by atoms with van der Waals surface area (Å²) in [7, 11) is 0.696. The van der Waals surface area contributed by atoms with Crippen LogP contribution in [0.5, 0.6) is 0 Å². The highest BCUT2D eigenvalue weighted by Gasteiger charge is 2.26. The largest absolute Gasteiger partial charge is 0.477 e. The van der Waals surface area contributed by atoms with Gasteiger partial charge in [-0.05, 0) is 6.07 Å². The molecular weight excluding hydrogens is 268 g/mol. The van der Waals surface area contributed by atoms with E-state index in [-0.39, 0.29) is 0 Å². The molecule has 0 aliphatic heterocycles. The number of carboxylic acid groups (broad SMARTS) is 2. The first-order valence-corrected chi connectivity index (χ1v) is 6.41. The van der Waals surface area contributed by atoms with Crippen LogP contribution in [0.25, 0.3) is 0 Å². The molecule has 1 rings (SSSR count). The van der Waals surface area contributed by atoms with Gasteiger partial charge in [-0.25, -0.2) is 18.0 Å². The third-order valence-electron chi connectivity index (χ3n) is 1.37. The van der Waals surface area contributed by atoms with Gasteiger partial charge in [0.15, 0.2) is 0 Å². The lowest BCUT2D eigenvalue weighted by molar-refractivity contribution is 0.0690. The van der Waals surface area contributed by atoms with Crippen LogP contribution in [0.15, 0.2) is 11.0 Å². The zero-order valence-electron chi connectivity index (χ0n) is 6.80. The molecule has 0 amide bonds. The summed E-state index contributed by atoms with van der Waals surface area (Å²) in [5, 5.41) is 17.2. The molecule has 1 aromatic rings. The van der Waals surface area contributed by atoms with Crippen molar-refractivity contribution >= 4 is 43.0 Å². The maximum atomic E-state index is 10.9. The summed E-state index contributed by atoms with van der Waals surface area (Å²) in [5.74, 6) is -2.94. The summed E-state index contributed by atoms with van der Waals surface area (Å²) in [6.45, 7) is 0. The summed E-state index contributed by atoms with van der Waals surface area (Å²) in [6.07, 6.45) is 0. The summed E-state index contributed by atoms with van der Waals surface area (Å²) < 4.78 is 21.8. The second-order valence-corrected chi connectivity index (χ2v) is 5.94. The molecule has 0 spiro atoms. The number of thiophene rings is 1. The Kier molecular flexibility index (Phi) is 3.03. The van der Waals surface area contributed by atoms with Crippen LogP contribution in [0.1, 0.15) is 19.3 Å². The second-order valence-electron chi connectivity index (χ2n) is 2.35. The van der Waals surface area contributed by atoms with Crippen molar-refractivity contribution in [2.45, 2.75) is 4.90 Å². The van der Waals surface area contributed by atoms with Gasteiger partial charge in [0.05, 0.1) is 0 Å². The third-order valence-corrected chi connectivity index (χ3v) is 3.95. The van der Waals surface area contributed by atoms with Crippen molar-refractivity contribution < 1.29 is 28.2 Å². The zero-order chi connectivity index (χ0) is 11.8. The Labute approximate surface area is 92.1 Å². The van der Waals surface area contributed by atoms with Crippen LogP contribution in [-0.4, -0.2) is 30.6 Å². The molecule has 1 heterocycles. The zero-order valence-corrected chi connectivity index (χ0v) is 9.19. The molecule has 15 heavy (non-hydrogen) atoms. The Morgan fingerprint density at radius 1 is 1.27 bits per heavy atom. The fraction of sp³-hybridized carbons (Fsp3) is 0. The van der Waals surface area contributed by atoms with E-state index in [1.165, 1.54) is 0 Å². The van der Waals surface area contributed by atoms with Gasteiger partial charge in [0.1, 0.15) is 14.6 Å². The SMILES string of the molecule is O=C(O)c1cc(S(=O)(=O)Cl)c(C(=O)O)s1. The molecule has 0 unspecified atom stereocenters. The van der Waals surface area contributed by atoms with Crippen LogP contribution in [0.3, 0.4) is 0 Å². The molecule has 82 valence electrons. The minimum absolute atomic E-state index is 0.340. The van der Waals surface area contributed by atoms with E-state index in [0.29, 0.717) is 11.3 Å². The number of carbonyl (C=O) groups is 2. The molecule has 9 heteroatoms. The van der Waals surface area contributed by atoms with Crippen LogP contribution in [0.4, 0.5) is 0 Å². The van der Waals surface area contributed by atoms with E-state index in [0.717, 1.165) is 6.07 Å². The van der Waals surface area contributed by atoms with Gasteiger partial charge in [-0.2, -0.15) is 0 Å². The van der Waals surface area contributed by atoms with Crippen LogP contribution >= 0.6 is 22.0 Å². The predicted octanol–water partition coefficient (Wildman–Crippen LogP) is 1.07. The van der Waals surface area contributed by atoms with Crippen molar-refractivity contribution in [2.24, 2.45) is 0 Å². The fourth-order valence-electron chi connectivity index (χ4n) is 0.810. The number of carboxylic acids is 2. The highest BCUT2D eigenvalue weighted by atomic mass is 35.7. The average Bonchev–Trinajstić information content (AvgIpc) is 2.45. The number of halogens is 1. The van der Waals surface area contributed by atoms with Gasteiger partial charge in [0.2, 0.25) is 0 Å². The number of rotatable bonds is 3. The standard InChI is InChI=1S/C6H3ClO6S2/c7-15(12,13)3-1-2(5(8)9)14-4(3)6(10)11/h1H,(H,8,9)(H,10,11). The lowest BCUT2D eigenvalue weighted by Crippen LogP contribution is -1.99. The van der Waals surface area contributed by atoms with Gasteiger partial charge in [0, 0.05) is 10.7 Å². The van der Waals surface area contributed by atoms with E-state index in [9.17, 15) is 18.0 Å². The molecule has 0 aromatic carbocycles. The molecule has 0 aliphatic rings. The number of hydrogen-bond donors (Lipinski definition) is 2. The lowest BCUT2D eigenvalue weighted by atomic mass is 10.4. The summed E-state index contributed by atoms with van der Waals surface area (Å²) in [4.78, 5) is 19.4. The van der Waals surface area contributed by atoms with Crippen LogP contribution < -0.4 is 0 Å². The normalized spacial score (nSPS) is 11.3. The van der Waals surface area contributed by atoms with Crippen molar-refractivity contribution in [1.29, 1.82) is 0 Å². The molecule has 0 radical (unpaired) electrons. The minimum Gasteiger partial charge on any atom is -0.477 e. The van der Waals surface area contributed by atoms with Crippen molar-refractivity contribution in [3.05, 3.63) is 15.8 Å². The Balaban J connectivity index is 3.51.